The van der Waals surface area contributed by atoms with E-state index < -0.39 is 9.84 Å². The number of carbonyl (C=O) groups is 1. The molecule has 134 valence electrons. The molecule has 0 N–H and O–H groups in total. The lowest BCUT2D eigenvalue weighted by Gasteiger charge is -2.32. The fourth-order valence-electron chi connectivity index (χ4n) is 2.72. The fraction of sp³-hybridized carbons (Fsp3) is 0.611. The van der Waals surface area contributed by atoms with Crippen LogP contribution < -0.4 is 0 Å². The number of amides is 1. The van der Waals surface area contributed by atoms with Crippen LogP contribution in [-0.4, -0.2) is 63.1 Å². The van der Waals surface area contributed by atoms with Gasteiger partial charge in [0.2, 0.25) is 5.91 Å². The standard InChI is InChI=1S/C18H28N2O3S/c1-18(2,3)15-5-7-16(8-6-15)24(22,23)14-9-17(21)20-12-10-19(4)11-13-20/h5-8H,9-14H2,1-4H3. The lowest BCUT2D eigenvalue weighted by molar-refractivity contribution is -0.132. The highest BCUT2D eigenvalue weighted by molar-refractivity contribution is 7.91. The molecule has 1 aliphatic rings. The van der Waals surface area contributed by atoms with Crippen LogP contribution in [0.5, 0.6) is 0 Å². The van der Waals surface area contributed by atoms with Crippen LogP contribution in [0.3, 0.4) is 0 Å². The summed E-state index contributed by atoms with van der Waals surface area (Å²) in [5, 5.41) is 0. The molecule has 2 rings (SSSR count). The zero-order valence-electron chi connectivity index (χ0n) is 15.1. The Labute approximate surface area is 145 Å². The maximum atomic E-state index is 12.5. The van der Waals surface area contributed by atoms with Crippen molar-refractivity contribution >= 4 is 15.7 Å². The average molecular weight is 353 g/mol. The molecule has 1 aromatic rings. The summed E-state index contributed by atoms with van der Waals surface area (Å²) in [5.41, 5.74) is 1.08. The zero-order valence-corrected chi connectivity index (χ0v) is 15.9. The summed E-state index contributed by atoms with van der Waals surface area (Å²) in [6.45, 7) is 9.30. The topological polar surface area (TPSA) is 57.7 Å². The molecule has 1 heterocycles. The van der Waals surface area contributed by atoms with E-state index in [1.165, 1.54) is 0 Å². The quantitative estimate of drug-likeness (QED) is 0.831. The van der Waals surface area contributed by atoms with Gasteiger partial charge >= 0.3 is 0 Å². The normalized spacial score (nSPS) is 17.1. The van der Waals surface area contributed by atoms with Crippen LogP contribution >= 0.6 is 0 Å². The molecule has 1 aliphatic heterocycles. The third kappa shape index (κ3) is 4.80. The Balaban J connectivity index is 1.97. The van der Waals surface area contributed by atoms with E-state index in [2.05, 4.69) is 25.7 Å². The number of rotatable bonds is 4. The molecule has 6 heteroatoms. The number of sulfone groups is 1. The van der Waals surface area contributed by atoms with Gasteiger partial charge in [-0.1, -0.05) is 32.9 Å². The highest BCUT2D eigenvalue weighted by Gasteiger charge is 2.23. The molecule has 0 aromatic heterocycles. The Bertz CT molecular complexity index is 667. The van der Waals surface area contributed by atoms with Gasteiger partial charge in [0, 0.05) is 32.6 Å². The van der Waals surface area contributed by atoms with E-state index in [1.54, 1.807) is 17.0 Å². The monoisotopic (exact) mass is 352 g/mol. The van der Waals surface area contributed by atoms with E-state index in [1.807, 2.05) is 19.2 Å². The van der Waals surface area contributed by atoms with Crippen molar-refractivity contribution in [2.75, 3.05) is 39.0 Å². The van der Waals surface area contributed by atoms with Gasteiger partial charge in [0.25, 0.3) is 0 Å². The second-order valence-corrected chi connectivity index (χ2v) is 9.64. The molecule has 0 unspecified atom stereocenters. The predicted octanol–water partition coefficient (Wildman–Crippen LogP) is 1.92. The highest BCUT2D eigenvalue weighted by atomic mass is 32.2. The van der Waals surface area contributed by atoms with Crippen LogP contribution in [0.1, 0.15) is 32.8 Å². The van der Waals surface area contributed by atoms with Crippen LogP contribution in [0, 0.1) is 0 Å². The highest BCUT2D eigenvalue weighted by Crippen LogP contribution is 2.24. The van der Waals surface area contributed by atoms with E-state index in [0.29, 0.717) is 18.0 Å². The molecule has 0 spiro atoms. The fourth-order valence-corrected chi connectivity index (χ4v) is 3.95. The van der Waals surface area contributed by atoms with Gasteiger partial charge in [0.15, 0.2) is 9.84 Å². The molecule has 1 fully saturated rings. The van der Waals surface area contributed by atoms with Crippen molar-refractivity contribution in [3.63, 3.8) is 0 Å². The van der Waals surface area contributed by atoms with Crippen molar-refractivity contribution in [1.82, 2.24) is 9.80 Å². The van der Waals surface area contributed by atoms with Gasteiger partial charge in [0.05, 0.1) is 10.6 Å². The summed E-state index contributed by atoms with van der Waals surface area (Å²) in [7, 11) is -1.40. The third-order valence-corrected chi connectivity index (χ3v) is 6.25. The lowest BCUT2D eigenvalue weighted by atomic mass is 9.87. The molecule has 0 atom stereocenters. The predicted molar refractivity (Wildman–Crippen MR) is 95.9 cm³/mol. The van der Waals surface area contributed by atoms with Crippen molar-refractivity contribution in [2.24, 2.45) is 0 Å². The van der Waals surface area contributed by atoms with E-state index in [4.69, 9.17) is 0 Å². The van der Waals surface area contributed by atoms with E-state index >= 15 is 0 Å². The molecule has 0 saturated carbocycles. The Morgan fingerprint density at radius 3 is 2.08 bits per heavy atom. The summed E-state index contributed by atoms with van der Waals surface area (Å²) in [4.78, 5) is 16.4. The Morgan fingerprint density at radius 2 is 1.58 bits per heavy atom. The van der Waals surface area contributed by atoms with E-state index in [-0.39, 0.29) is 23.5 Å². The van der Waals surface area contributed by atoms with E-state index in [0.717, 1.165) is 18.7 Å². The van der Waals surface area contributed by atoms with Crippen molar-refractivity contribution in [2.45, 2.75) is 37.5 Å². The first-order valence-electron chi connectivity index (χ1n) is 8.39. The third-order valence-electron chi connectivity index (χ3n) is 4.52. The van der Waals surface area contributed by atoms with Gasteiger partial charge in [-0.05, 0) is 30.2 Å². The van der Waals surface area contributed by atoms with Crippen LogP contribution in [0.4, 0.5) is 0 Å². The molecule has 24 heavy (non-hydrogen) atoms. The van der Waals surface area contributed by atoms with E-state index in [9.17, 15) is 13.2 Å². The van der Waals surface area contributed by atoms with Crippen molar-refractivity contribution in [3.8, 4) is 0 Å². The molecule has 0 bridgehead atoms. The van der Waals surface area contributed by atoms with Crippen molar-refractivity contribution in [3.05, 3.63) is 29.8 Å². The minimum absolute atomic E-state index is 0.0142. The first kappa shape index (κ1) is 18.9. The summed E-state index contributed by atoms with van der Waals surface area (Å²) in [5.74, 6) is -0.203. The molecule has 1 amide bonds. The molecule has 0 aliphatic carbocycles. The van der Waals surface area contributed by atoms with Crippen molar-refractivity contribution in [1.29, 1.82) is 0 Å². The van der Waals surface area contributed by atoms with Gasteiger partial charge in [0.1, 0.15) is 0 Å². The minimum atomic E-state index is -3.42. The average Bonchev–Trinajstić information content (AvgIpc) is 2.53. The zero-order chi connectivity index (χ0) is 18.0. The Kier molecular flexibility index (Phi) is 5.71. The number of hydrogen-bond donors (Lipinski definition) is 0. The van der Waals surface area contributed by atoms with Gasteiger partial charge in [-0.2, -0.15) is 0 Å². The van der Waals surface area contributed by atoms with Gasteiger partial charge in [-0.25, -0.2) is 8.42 Å². The molecular weight excluding hydrogens is 324 g/mol. The Morgan fingerprint density at radius 1 is 1.04 bits per heavy atom. The van der Waals surface area contributed by atoms with Gasteiger partial charge < -0.3 is 9.80 Å². The molecule has 1 aromatic carbocycles. The maximum absolute atomic E-state index is 12.5. The first-order chi connectivity index (χ1) is 11.1. The number of nitrogens with zero attached hydrogens (tertiary/aromatic N) is 2. The molecule has 5 nitrogen and oxygen atoms in total. The number of carbonyl (C=O) groups excluding carboxylic acids is 1. The summed E-state index contributed by atoms with van der Waals surface area (Å²) < 4.78 is 24.9. The lowest BCUT2D eigenvalue weighted by Crippen LogP contribution is -2.47. The molecular formula is C18H28N2O3S. The van der Waals surface area contributed by atoms with Crippen LogP contribution in [0.15, 0.2) is 29.2 Å². The smallest absolute Gasteiger partial charge is 0.223 e. The summed E-state index contributed by atoms with van der Waals surface area (Å²) in [6, 6.07) is 7.01. The SMILES string of the molecule is CN1CCN(C(=O)CCS(=O)(=O)c2ccc(C(C)(C)C)cc2)CC1. The number of hydrogen-bond acceptors (Lipinski definition) is 4. The van der Waals surface area contributed by atoms with Crippen LogP contribution in [0.2, 0.25) is 0 Å². The van der Waals surface area contributed by atoms with Crippen LogP contribution in [-0.2, 0) is 20.0 Å². The Hall–Kier alpha value is -1.40. The largest absolute Gasteiger partial charge is 0.340 e. The minimum Gasteiger partial charge on any atom is -0.340 e. The van der Waals surface area contributed by atoms with Gasteiger partial charge in [-0.3, -0.25) is 4.79 Å². The first-order valence-corrected chi connectivity index (χ1v) is 10.0. The molecule has 0 radical (unpaired) electrons. The van der Waals surface area contributed by atoms with Crippen LogP contribution in [0.25, 0.3) is 0 Å². The second kappa shape index (κ2) is 7.23. The van der Waals surface area contributed by atoms with Gasteiger partial charge in [-0.15, -0.1) is 0 Å². The second-order valence-electron chi connectivity index (χ2n) is 7.53. The maximum Gasteiger partial charge on any atom is 0.223 e. The summed E-state index contributed by atoms with van der Waals surface area (Å²) in [6.07, 6.45) is 0.0487. The van der Waals surface area contributed by atoms with Crippen molar-refractivity contribution < 1.29 is 13.2 Å². The molecule has 1 saturated heterocycles. The number of piperazine rings is 1. The summed E-state index contributed by atoms with van der Waals surface area (Å²) >= 11 is 0. The number of benzene rings is 1. The number of likely N-dealkylation sites (N-methyl/N-ethyl adjacent to an activating group) is 1.